The predicted octanol–water partition coefficient (Wildman–Crippen LogP) is 2.90. The molecule has 21 heavy (non-hydrogen) atoms. The number of sulfone groups is 1. The van der Waals surface area contributed by atoms with Crippen molar-refractivity contribution in [2.24, 2.45) is 11.8 Å². The molecule has 0 radical (unpaired) electrons. The van der Waals surface area contributed by atoms with E-state index in [4.69, 9.17) is 4.52 Å². The molecule has 0 bridgehead atoms. The van der Waals surface area contributed by atoms with Crippen LogP contribution in [0, 0.1) is 11.8 Å². The van der Waals surface area contributed by atoms with Crippen LogP contribution in [0.25, 0.3) is 0 Å². The van der Waals surface area contributed by atoms with Crippen molar-refractivity contribution < 1.29 is 12.9 Å². The highest BCUT2D eigenvalue weighted by Crippen LogP contribution is 2.38. The lowest BCUT2D eigenvalue weighted by atomic mass is 9.77. The van der Waals surface area contributed by atoms with Gasteiger partial charge in [0, 0.05) is 11.8 Å². The molecule has 5 nitrogen and oxygen atoms in total. The van der Waals surface area contributed by atoms with E-state index in [1.54, 1.807) is 0 Å². The van der Waals surface area contributed by atoms with Crippen LogP contribution in [0.15, 0.2) is 4.52 Å². The number of hydrogen-bond donors (Lipinski definition) is 0. The summed E-state index contributed by atoms with van der Waals surface area (Å²) in [5.41, 5.74) is 0. The smallest absolute Gasteiger partial charge is 0.229 e. The Bertz CT molecular complexity index is 586. The second-order valence-electron chi connectivity index (χ2n) is 6.95. The molecule has 1 atom stereocenters. The lowest BCUT2D eigenvalue weighted by Crippen LogP contribution is -2.17. The molecular weight excluding hydrogens is 288 g/mol. The van der Waals surface area contributed by atoms with E-state index < -0.39 is 9.84 Å². The van der Waals surface area contributed by atoms with Crippen LogP contribution in [0.2, 0.25) is 0 Å². The first-order chi connectivity index (χ1) is 9.94. The Labute approximate surface area is 126 Å². The van der Waals surface area contributed by atoms with Crippen LogP contribution in [-0.4, -0.2) is 30.1 Å². The van der Waals surface area contributed by atoms with Crippen molar-refractivity contribution in [2.45, 2.75) is 57.8 Å². The summed E-state index contributed by atoms with van der Waals surface area (Å²) >= 11 is 0. The maximum Gasteiger partial charge on any atom is 0.229 e. The van der Waals surface area contributed by atoms with Crippen LogP contribution >= 0.6 is 0 Å². The first-order valence-electron chi connectivity index (χ1n) is 7.98. The summed E-state index contributed by atoms with van der Waals surface area (Å²) in [5, 5.41) is 4.04. The summed E-state index contributed by atoms with van der Waals surface area (Å²) in [5.74, 6) is 3.58. The second kappa shape index (κ2) is 5.71. The van der Waals surface area contributed by atoms with Gasteiger partial charge >= 0.3 is 0 Å². The van der Waals surface area contributed by atoms with Crippen molar-refractivity contribution in [3.05, 3.63) is 11.7 Å². The van der Waals surface area contributed by atoms with E-state index in [1.807, 2.05) is 0 Å². The number of hydrogen-bond acceptors (Lipinski definition) is 5. The molecule has 1 aromatic rings. The molecule has 0 spiro atoms. The zero-order chi connectivity index (χ0) is 15.0. The number of nitrogens with zero attached hydrogens (tertiary/aromatic N) is 2. The minimum Gasteiger partial charge on any atom is -0.339 e. The van der Waals surface area contributed by atoms with Crippen LogP contribution < -0.4 is 0 Å². The van der Waals surface area contributed by atoms with Crippen LogP contribution in [0.4, 0.5) is 0 Å². The van der Waals surface area contributed by atoms with E-state index in [-0.39, 0.29) is 17.4 Å². The highest BCUT2D eigenvalue weighted by molar-refractivity contribution is 7.91. The summed E-state index contributed by atoms with van der Waals surface area (Å²) in [6.07, 6.45) is 5.28. The van der Waals surface area contributed by atoms with E-state index in [1.165, 1.54) is 12.8 Å². The molecule has 2 aliphatic rings. The van der Waals surface area contributed by atoms with Crippen LogP contribution in [0.1, 0.15) is 69.5 Å². The Morgan fingerprint density at radius 2 is 1.81 bits per heavy atom. The van der Waals surface area contributed by atoms with Crippen molar-refractivity contribution in [2.75, 3.05) is 11.5 Å². The SMILES string of the molecule is CC(C)C1CCC(c2nc([C@H]3CCS(=O)(=O)C3)no2)CC1. The topological polar surface area (TPSA) is 73.1 Å². The van der Waals surface area contributed by atoms with Gasteiger partial charge in [-0.3, -0.25) is 0 Å². The monoisotopic (exact) mass is 312 g/mol. The fraction of sp³-hybridized carbons (Fsp3) is 0.867. The summed E-state index contributed by atoms with van der Waals surface area (Å²) in [6, 6.07) is 0. The standard InChI is InChI=1S/C15H24N2O3S/c1-10(2)11-3-5-12(6-4-11)15-16-14(17-20-15)13-7-8-21(18,19)9-13/h10-13H,3-9H2,1-2H3/t11?,12?,13-/m0/s1. The highest BCUT2D eigenvalue weighted by atomic mass is 32.2. The third kappa shape index (κ3) is 3.30. The van der Waals surface area contributed by atoms with Gasteiger partial charge in [-0.15, -0.1) is 0 Å². The number of rotatable bonds is 3. The van der Waals surface area contributed by atoms with E-state index in [9.17, 15) is 8.42 Å². The summed E-state index contributed by atoms with van der Waals surface area (Å²) in [7, 11) is -2.90. The van der Waals surface area contributed by atoms with Gasteiger partial charge in [-0.05, 0) is 43.9 Å². The minimum atomic E-state index is -2.90. The van der Waals surface area contributed by atoms with Gasteiger partial charge in [-0.1, -0.05) is 19.0 Å². The largest absolute Gasteiger partial charge is 0.339 e. The molecule has 3 rings (SSSR count). The molecule has 0 aromatic carbocycles. The molecule has 2 heterocycles. The Kier molecular flexibility index (Phi) is 4.08. The second-order valence-corrected chi connectivity index (χ2v) is 9.18. The molecular formula is C15H24N2O3S. The normalized spacial score (nSPS) is 32.6. The van der Waals surface area contributed by atoms with E-state index in [0.29, 0.717) is 18.2 Å². The van der Waals surface area contributed by atoms with Crippen molar-refractivity contribution in [3.8, 4) is 0 Å². The van der Waals surface area contributed by atoms with Crippen LogP contribution in [-0.2, 0) is 9.84 Å². The van der Waals surface area contributed by atoms with E-state index >= 15 is 0 Å². The Morgan fingerprint density at radius 3 is 2.38 bits per heavy atom. The van der Waals surface area contributed by atoms with Gasteiger partial charge in [0.05, 0.1) is 11.5 Å². The van der Waals surface area contributed by atoms with E-state index in [2.05, 4.69) is 24.0 Å². The average Bonchev–Trinajstić information content (AvgIpc) is 3.05. The van der Waals surface area contributed by atoms with Crippen molar-refractivity contribution >= 4 is 9.84 Å². The average molecular weight is 312 g/mol. The summed E-state index contributed by atoms with van der Waals surface area (Å²) < 4.78 is 28.5. The predicted molar refractivity (Wildman–Crippen MR) is 79.8 cm³/mol. The fourth-order valence-corrected chi connectivity index (χ4v) is 5.35. The van der Waals surface area contributed by atoms with Crippen molar-refractivity contribution in [3.63, 3.8) is 0 Å². The molecule has 118 valence electrons. The maximum atomic E-state index is 11.5. The molecule has 1 aromatic heterocycles. The Balaban J connectivity index is 1.64. The maximum absolute atomic E-state index is 11.5. The molecule has 0 amide bonds. The van der Waals surface area contributed by atoms with Gasteiger partial charge in [0.25, 0.3) is 0 Å². The minimum absolute atomic E-state index is 0.0699. The Morgan fingerprint density at radius 1 is 1.10 bits per heavy atom. The van der Waals surface area contributed by atoms with Gasteiger partial charge in [-0.2, -0.15) is 4.98 Å². The van der Waals surface area contributed by atoms with Crippen molar-refractivity contribution in [1.29, 1.82) is 0 Å². The zero-order valence-electron chi connectivity index (χ0n) is 12.8. The lowest BCUT2D eigenvalue weighted by Gasteiger charge is -2.28. The van der Waals surface area contributed by atoms with Gasteiger partial charge in [0.15, 0.2) is 15.7 Å². The molecule has 0 unspecified atom stereocenters. The first kappa shape index (κ1) is 15.0. The summed E-state index contributed by atoms with van der Waals surface area (Å²) in [4.78, 5) is 4.51. The van der Waals surface area contributed by atoms with Gasteiger partial charge < -0.3 is 4.52 Å². The third-order valence-electron chi connectivity index (χ3n) is 5.12. The highest BCUT2D eigenvalue weighted by Gasteiger charge is 2.34. The van der Waals surface area contributed by atoms with Gasteiger partial charge in [0.2, 0.25) is 5.89 Å². The van der Waals surface area contributed by atoms with Crippen molar-refractivity contribution in [1.82, 2.24) is 10.1 Å². The molecule has 6 heteroatoms. The molecule has 0 N–H and O–H groups in total. The first-order valence-corrected chi connectivity index (χ1v) is 9.80. The molecule has 1 saturated carbocycles. The molecule has 1 aliphatic carbocycles. The van der Waals surface area contributed by atoms with E-state index in [0.717, 1.165) is 30.6 Å². The number of aromatic nitrogens is 2. The van der Waals surface area contributed by atoms with Gasteiger partial charge in [-0.25, -0.2) is 8.42 Å². The molecule has 1 saturated heterocycles. The quantitative estimate of drug-likeness (QED) is 0.858. The molecule has 2 fully saturated rings. The third-order valence-corrected chi connectivity index (χ3v) is 6.89. The lowest BCUT2D eigenvalue weighted by molar-refractivity contribution is 0.231. The fourth-order valence-electron chi connectivity index (χ4n) is 3.61. The van der Waals surface area contributed by atoms with Crippen LogP contribution in [0.3, 0.4) is 0 Å². The zero-order valence-corrected chi connectivity index (χ0v) is 13.6. The van der Waals surface area contributed by atoms with Gasteiger partial charge in [0.1, 0.15) is 0 Å². The summed E-state index contributed by atoms with van der Waals surface area (Å²) in [6.45, 7) is 4.58. The molecule has 1 aliphatic heterocycles. The Hall–Kier alpha value is -0.910. The van der Waals surface area contributed by atoms with Crippen LogP contribution in [0.5, 0.6) is 0 Å².